The molecule has 7 heteroatoms. The molecule has 0 aromatic heterocycles. The van der Waals surface area contributed by atoms with Gasteiger partial charge in [-0.1, -0.05) is 19.6 Å². The number of rotatable bonds is 7. The largest absolute Gasteiger partial charge is 0.497 e. The number of hydrogen-bond acceptors (Lipinski definition) is 4. The normalized spacial score (nSPS) is 11.0. The Labute approximate surface area is 160 Å². The molecule has 0 unspecified atom stereocenters. The van der Waals surface area contributed by atoms with Gasteiger partial charge in [0.15, 0.2) is 8.24 Å². The molecule has 0 fully saturated rings. The van der Waals surface area contributed by atoms with Crippen molar-refractivity contribution in [1.82, 2.24) is 0 Å². The van der Waals surface area contributed by atoms with Crippen LogP contribution in [-0.2, 0) is 0 Å². The second-order valence-corrected chi connectivity index (χ2v) is 11.7. The van der Waals surface area contributed by atoms with Crippen LogP contribution >= 0.6 is 0 Å². The van der Waals surface area contributed by atoms with Gasteiger partial charge in [0.05, 0.1) is 21.3 Å². The van der Waals surface area contributed by atoms with Crippen LogP contribution in [0.25, 0.3) is 5.70 Å². The predicted octanol–water partition coefficient (Wildman–Crippen LogP) is 5.62. The number of hydrogen-bond donors (Lipinski definition) is 0. The lowest BCUT2D eigenvalue weighted by Gasteiger charge is -2.38. The summed E-state index contributed by atoms with van der Waals surface area (Å²) < 4.78 is 46.0. The van der Waals surface area contributed by atoms with Crippen molar-refractivity contribution in [2.45, 2.75) is 19.6 Å². The van der Waals surface area contributed by atoms with E-state index in [9.17, 15) is 8.78 Å². The minimum Gasteiger partial charge on any atom is -0.497 e. The van der Waals surface area contributed by atoms with Gasteiger partial charge in [-0.2, -0.15) is 8.78 Å². The van der Waals surface area contributed by atoms with Gasteiger partial charge in [0, 0.05) is 17.3 Å². The third-order valence-corrected chi connectivity index (χ3v) is 5.89. The van der Waals surface area contributed by atoms with Gasteiger partial charge in [0.2, 0.25) is 0 Å². The van der Waals surface area contributed by atoms with Crippen LogP contribution in [0.2, 0.25) is 19.6 Å². The summed E-state index contributed by atoms with van der Waals surface area (Å²) in [6, 6.07) is 12.0. The number of ether oxygens (including phenoxy) is 3. The standard InChI is InChI=1S/C20H25F2NO3Si/c1-24-15-9-7-14(8-10-15)23(27(4,5)6)19(20(21)22)17-12-11-16(25-2)13-18(17)26-3/h7-13H,1-6H3. The molecule has 0 bridgehead atoms. The summed E-state index contributed by atoms with van der Waals surface area (Å²) in [5.41, 5.74) is 0.839. The molecule has 2 rings (SSSR count). The Morgan fingerprint density at radius 1 is 0.815 bits per heavy atom. The van der Waals surface area contributed by atoms with Crippen LogP contribution in [0, 0.1) is 0 Å². The van der Waals surface area contributed by atoms with E-state index in [4.69, 9.17) is 14.2 Å². The summed E-state index contributed by atoms with van der Waals surface area (Å²) in [6.07, 6.45) is -1.77. The van der Waals surface area contributed by atoms with E-state index in [2.05, 4.69) is 0 Å². The smallest absolute Gasteiger partial charge is 0.293 e. The molecule has 0 spiro atoms. The maximum Gasteiger partial charge on any atom is 0.293 e. The third-order valence-electron chi connectivity index (χ3n) is 4.07. The molecule has 27 heavy (non-hydrogen) atoms. The van der Waals surface area contributed by atoms with Crippen LogP contribution in [0.4, 0.5) is 14.5 Å². The Hall–Kier alpha value is -2.54. The SMILES string of the molecule is COc1ccc(N(C(=C(F)F)c2ccc(OC)cc2OC)[Si](C)(C)C)cc1. The Balaban J connectivity index is 2.68. The molecule has 0 radical (unpaired) electrons. The Bertz CT molecular complexity index is 813. The molecule has 0 aliphatic rings. The zero-order valence-electron chi connectivity index (χ0n) is 16.5. The van der Waals surface area contributed by atoms with Crippen LogP contribution in [-0.4, -0.2) is 29.6 Å². The summed E-state index contributed by atoms with van der Waals surface area (Å²) in [6.45, 7) is 6.03. The molecule has 2 aromatic carbocycles. The number of anilines is 1. The van der Waals surface area contributed by atoms with Gasteiger partial charge in [-0.15, -0.1) is 0 Å². The maximum absolute atomic E-state index is 14.2. The number of halogens is 2. The summed E-state index contributed by atoms with van der Waals surface area (Å²) >= 11 is 0. The van der Waals surface area contributed by atoms with Crippen LogP contribution in [0.5, 0.6) is 17.2 Å². The van der Waals surface area contributed by atoms with Crippen LogP contribution < -0.4 is 18.8 Å². The lowest BCUT2D eigenvalue weighted by Crippen LogP contribution is -2.45. The van der Waals surface area contributed by atoms with E-state index >= 15 is 0 Å². The highest BCUT2D eigenvalue weighted by Gasteiger charge is 2.32. The van der Waals surface area contributed by atoms with Crippen molar-refractivity contribution >= 4 is 19.6 Å². The summed E-state index contributed by atoms with van der Waals surface area (Å²) in [5, 5.41) is 0. The van der Waals surface area contributed by atoms with Crippen molar-refractivity contribution in [3.8, 4) is 17.2 Å². The van der Waals surface area contributed by atoms with Crippen molar-refractivity contribution in [1.29, 1.82) is 0 Å². The minimum absolute atomic E-state index is 0.154. The monoisotopic (exact) mass is 393 g/mol. The molecular formula is C20H25F2NO3Si. The summed E-state index contributed by atoms with van der Waals surface area (Å²) in [4.78, 5) is 0. The molecule has 2 aromatic rings. The molecule has 0 N–H and O–H groups in total. The molecule has 0 atom stereocenters. The average molecular weight is 394 g/mol. The maximum atomic E-state index is 14.2. The van der Waals surface area contributed by atoms with Gasteiger partial charge >= 0.3 is 0 Å². The highest BCUT2D eigenvalue weighted by Crippen LogP contribution is 2.40. The van der Waals surface area contributed by atoms with Gasteiger partial charge in [-0.25, -0.2) is 0 Å². The van der Waals surface area contributed by atoms with Crippen LogP contribution in [0.3, 0.4) is 0 Å². The Morgan fingerprint density at radius 3 is 1.81 bits per heavy atom. The molecule has 0 amide bonds. The van der Waals surface area contributed by atoms with Gasteiger partial charge < -0.3 is 18.8 Å². The lowest BCUT2D eigenvalue weighted by molar-refractivity contribution is 0.392. The Morgan fingerprint density at radius 2 is 1.37 bits per heavy atom. The summed E-state index contributed by atoms with van der Waals surface area (Å²) in [5.74, 6) is 1.54. The number of nitrogens with zero attached hydrogens (tertiary/aromatic N) is 1. The fourth-order valence-electron chi connectivity index (χ4n) is 2.88. The highest BCUT2D eigenvalue weighted by atomic mass is 28.3. The molecule has 0 aliphatic heterocycles. The quantitative estimate of drug-likeness (QED) is 0.571. The van der Waals surface area contributed by atoms with E-state index in [-0.39, 0.29) is 5.70 Å². The zero-order valence-corrected chi connectivity index (χ0v) is 17.5. The van der Waals surface area contributed by atoms with Gasteiger partial charge in [0.1, 0.15) is 22.9 Å². The molecular weight excluding hydrogens is 368 g/mol. The zero-order chi connectivity index (χ0) is 20.2. The highest BCUT2D eigenvalue weighted by molar-refractivity contribution is 6.81. The Kier molecular flexibility index (Phi) is 6.48. The first kappa shape index (κ1) is 20.8. The average Bonchev–Trinajstić information content (AvgIpc) is 2.64. The van der Waals surface area contributed by atoms with E-state index in [1.54, 1.807) is 54.1 Å². The summed E-state index contributed by atoms with van der Waals surface area (Å²) in [7, 11) is 2.29. The van der Waals surface area contributed by atoms with Gasteiger partial charge in [0.25, 0.3) is 6.08 Å². The van der Waals surface area contributed by atoms with Crippen LogP contribution in [0.15, 0.2) is 48.5 Å². The fourth-order valence-corrected chi connectivity index (χ4v) is 4.68. The second-order valence-electron chi connectivity index (χ2n) is 6.88. The number of benzene rings is 2. The first-order chi connectivity index (χ1) is 12.7. The van der Waals surface area contributed by atoms with E-state index in [1.165, 1.54) is 14.2 Å². The first-order valence-corrected chi connectivity index (χ1v) is 11.9. The molecule has 146 valence electrons. The fraction of sp³-hybridized carbons (Fsp3) is 0.300. The minimum atomic E-state index is -2.25. The van der Waals surface area contributed by atoms with Crippen LogP contribution in [0.1, 0.15) is 5.56 Å². The van der Waals surface area contributed by atoms with Crippen molar-refractivity contribution in [3.63, 3.8) is 0 Å². The molecule has 0 aliphatic carbocycles. The van der Waals surface area contributed by atoms with Gasteiger partial charge in [-0.05, 0) is 36.4 Å². The molecule has 0 saturated heterocycles. The first-order valence-electron chi connectivity index (χ1n) is 8.45. The van der Waals surface area contributed by atoms with Crippen molar-refractivity contribution in [2.75, 3.05) is 25.9 Å². The molecule has 0 heterocycles. The molecule has 4 nitrogen and oxygen atoms in total. The van der Waals surface area contributed by atoms with Crippen molar-refractivity contribution in [2.24, 2.45) is 0 Å². The molecule has 0 saturated carbocycles. The topological polar surface area (TPSA) is 30.9 Å². The van der Waals surface area contributed by atoms with E-state index in [1.807, 2.05) is 19.6 Å². The van der Waals surface area contributed by atoms with E-state index in [0.29, 0.717) is 28.5 Å². The van der Waals surface area contributed by atoms with Crippen molar-refractivity contribution in [3.05, 3.63) is 54.1 Å². The van der Waals surface area contributed by atoms with E-state index in [0.717, 1.165) is 0 Å². The second kappa shape index (κ2) is 8.43. The van der Waals surface area contributed by atoms with Crippen molar-refractivity contribution < 1.29 is 23.0 Å². The third kappa shape index (κ3) is 4.60. The predicted molar refractivity (Wildman–Crippen MR) is 108 cm³/mol. The lowest BCUT2D eigenvalue weighted by atomic mass is 10.1. The number of methoxy groups -OCH3 is 3. The van der Waals surface area contributed by atoms with E-state index < -0.39 is 14.3 Å². The van der Waals surface area contributed by atoms with Gasteiger partial charge in [-0.3, -0.25) is 0 Å².